The van der Waals surface area contributed by atoms with E-state index in [0.29, 0.717) is 12.0 Å². The van der Waals surface area contributed by atoms with Crippen LogP contribution in [0.15, 0.2) is 18.0 Å². The van der Waals surface area contributed by atoms with Crippen molar-refractivity contribution in [3.05, 3.63) is 23.7 Å². The molecule has 5 N–H and O–H groups in total. The first-order chi connectivity index (χ1) is 12.0. The highest BCUT2D eigenvalue weighted by Gasteiger charge is 2.28. The van der Waals surface area contributed by atoms with Crippen LogP contribution < -0.4 is 16.4 Å². The average Bonchev–Trinajstić information content (AvgIpc) is 3.41. The third kappa shape index (κ3) is 4.78. The third-order valence-corrected chi connectivity index (χ3v) is 5.35. The Kier molecular flexibility index (Phi) is 5.37. The Morgan fingerprint density at radius 2 is 2.08 bits per heavy atom. The molecule has 136 valence electrons. The van der Waals surface area contributed by atoms with E-state index in [2.05, 4.69) is 27.5 Å². The summed E-state index contributed by atoms with van der Waals surface area (Å²) in [5.41, 5.74) is 8.93. The van der Waals surface area contributed by atoms with Crippen molar-refractivity contribution in [2.75, 3.05) is 12.4 Å². The fourth-order valence-corrected chi connectivity index (χ4v) is 3.46. The molecule has 1 heterocycles. The average molecular weight is 342 g/mol. The highest BCUT2D eigenvalue weighted by atomic mass is 15.1. The Bertz CT molecular complexity index is 637. The van der Waals surface area contributed by atoms with Gasteiger partial charge in [0.25, 0.3) is 0 Å². The smallest absolute Gasteiger partial charge is 0.223 e. The molecule has 0 aromatic carbocycles. The van der Waals surface area contributed by atoms with Crippen LogP contribution in [-0.4, -0.2) is 34.8 Å². The first kappa shape index (κ1) is 17.9. The van der Waals surface area contributed by atoms with E-state index in [4.69, 9.17) is 11.1 Å². The lowest BCUT2D eigenvalue weighted by atomic mass is 9.82. The summed E-state index contributed by atoms with van der Waals surface area (Å²) in [4.78, 5) is 9.04. The van der Waals surface area contributed by atoms with Gasteiger partial charge in [-0.3, -0.25) is 0 Å². The van der Waals surface area contributed by atoms with E-state index in [1.807, 2.05) is 13.1 Å². The molecule has 0 saturated heterocycles. The molecule has 0 spiro atoms. The summed E-state index contributed by atoms with van der Waals surface area (Å²) in [6.45, 7) is 2.13. The van der Waals surface area contributed by atoms with Crippen LogP contribution in [0.1, 0.15) is 57.6 Å². The van der Waals surface area contributed by atoms with Gasteiger partial charge in [-0.25, -0.2) is 9.97 Å². The van der Waals surface area contributed by atoms with Gasteiger partial charge in [-0.1, -0.05) is 0 Å². The molecule has 0 amide bonds. The Morgan fingerprint density at radius 3 is 2.68 bits per heavy atom. The van der Waals surface area contributed by atoms with Crippen LogP contribution in [0.25, 0.3) is 5.57 Å². The fourth-order valence-electron chi connectivity index (χ4n) is 3.46. The number of aromatic nitrogens is 2. The Labute approximate surface area is 150 Å². The molecular formula is C19H30N6. The summed E-state index contributed by atoms with van der Waals surface area (Å²) < 4.78 is 0. The second-order valence-corrected chi connectivity index (χ2v) is 7.77. The van der Waals surface area contributed by atoms with Crippen LogP contribution in [0.5, 0.6) is 0 Å². The van der Waals surface area contributed by atoms with Crippen molar-refractivity contribution >= 4 is 17.7 Å². The van der Waals surface area contributed by atoms with Crippen molar-refractivity contribution in [2.45, 2.75) is 63.5 Å². The summed E-state index contributed by atoms with van der Waals surface area (Å²) in [6.07, 6.45) is 10.8. The number of nitrogens with zero attached hydrogens (tertiary/aromatic N) is 2. The molecule has 0 aliphatic heterocycles. The molecule has 1 aromatic rings. The van der Waals surface area contributed by atoms with E-state index < -0.39 is 0 Å². The Morgan fingerprint density at radius 1 is 1.36 bits per heavy atom. The maximum atomic E-state index is 7.85. The Hall–Kier alpha value is -1.95. The number of hydrogen-bond donors (Lipinski definition) is 4. The summed E-state index contributed by atoms with van der Waals surface area (Å²) in [5.74, 6) is 1.40. The SMILES string of the molecule is CN/C(CC1CC1)=C(\C=N)c1ccnc(NC2CCC(C)(N)CC2)n1. The largest absolute Gasteiger partial charge is 0.391 e. The lowest BCUT2D eigenvalue weighted by molar-refractivity contribution is 0.305. The predicted octanol–water partition coefficient (Wildman–Crippen LogP) is 2.93. The van der Waals surface area contributed by atoms with Crippen LogP contribution in [0.2, 0.25) is 0 Å². The van der Waals surface area contributed by atoms with Crippen LogP contribution >= 0.6 is 0 Å². The van der Waals surface area contributed by atoms with Gasteiger partial charge in [0.05, 0.1) is 5.69 Å². The second kappa shape index (κ2) is 7.52. The third-order valence-electron chi connectivity index (χ3n) is 5.35. The summed E-state index contributed by atoms with van der Waals surface area (Å²) in [6, 6.07) is 2.25. The summed E-state index contributed by atoms with van der Waals surface area (Å²) in [5, 5.41) is 14.6. The van der Waals surface area contributed by atoms with Gasteiger partial charge < -0.3 is 21.8 Å². The maximum absolute atomic E-state index is 7.85. The molecule has 6 heteroatoms. The number of allylic oxidation sites excluding steroid dienone is 2. The van der Waals surface area contributed by atoms with Crippen LogP contribution in [-0.2, 0) is 0 Å². The van der Waals surface area contributed by atoms with Crippen molar-refractivity contribution in [1.82, 2.24) is 15.3 Å². The zero-order valence-corrected chi connectivity index (χ0v) is 15.3. The molecule has 0 atom stereocenters. The highest BCUT2D eigenvalue weighted by Crippen LogP contribution is 2.36. The minimum atomic E-state index is -0.0402. The van der Waals surface area contributed by atoms with Crippen molar-refractivity contribution in [1.29, 1.82) is 5.41 Å². The first-order valence-corrected chi connectivity index (χ1v) is 9.31. The number of nitrogens with one attached hydrogen (secondary N) is 3. The summed E-state index contributed by atoms with van der Waals surface area (Å²) in [7, 11) is 1.92. The first-order valence-electron chi connectivity index (χ1n) is 9.31. The molecular weight excluding hydrogens is 312 g/mol. The van der Waals surface area contributed by atoms with Gasteiger partial charge in [0.2, 0.25) is 5.95 Å². The topological polar surface area (TPSA) is 99.7 Å². The molecule has 25 heavy (non-hydrogen) atoms. The lowest BCUT2D eigenvalue weighted by Gasteiger charge is -2.34. The van der Waals surface area contributed by atoms with E-state index in [0.717, 1.165) is 55.0 Å². The van der Waals surface area contributed by atoms with Crippen molar-refractivity contribution in [3.8, 4) is 0 Å². The van der Waals surface area contributed by atoms with Crippen LogP contribution in [0.3, 0.4) is 0 Å². The molecule has 6 nitrogen and oxygen atoms in total. The second-order valence-electron chi connectivity index (χ2n) is 7.77. The van der Waals surface area contributed by atoms with Gasteiger partial charge in [-0.2, -0.15) is 0 Å². The van der Waals surface area contributed by atoms with Crippen LogP contribution in [0.4, 0.5) is 5.95 Å². The quantitative estimate of drug-likeness (QED) is 0.571. The van der Waals surface area contributed by atoms with E-state index >= 15 is 0 Å². The molecule has 1 aromatic heterocycles. The van der Waals surface area contributed by atoms with E-state index in [-0.39, 0.29) is 5.54 Å². The molecule has 2 aliphatic rings. The minimum absolute atomic E-state index is 0.0402. The normalized spacial score (nSPS) is 27.4. The monoisotopic (exact) mass is 342 g/mol. The van der Waals surface area contributed by atoms with Crippen molar-refractivity contribution in [2.24, 2.45) is 11.7 Å². The van der Waals surface area contributed by atoms with Crippen molar-refractivity contribution < 1.29 is 0 Å². The molecule has 0 unspecified atom stereocenters. The van der Waals surface area contributed by atoms with E-state index in [9.17, 15) is 0 Å². The van der Waals surface area contributed by atoms with E-state index in [1.54, 1.807) is 6.20 Å². The highest BCUT2D eigenvalue weighted by molar-refractivity contribution is 6.08. The van der Waals surface area contributed by atoms with Gasteiger partial charge >= 0.3 is 0 Å². The van der Waals surface area contributed by atoms with Crippen molar-refractivity contribution in [3.63, 3.8) is 0 Å². The zero-order chi connectivity index (χ0) is 17.9. The number of hydrogen-bond acceptors (Lipinski definition) is 6. The molecule has 2 aliphatic carbocycles. The minimum Gasteiger partial charge on any atom is -0.391 e. The number of rotatable bonds is 7. The Balaban J connectivity index is 1.73. The number of anilines is 1. The predicted molar refractivity (Wildman–Crippen MR) is 103 cm³/mol. The molecule has 3 rings (SSSR count). The molecule has 2 fully saturated rings. The number of nitrogens with two attached hydrogens (primary N) is 1. The summed E-state index contributed by atoms with van der Waals surface area (Å²) >= 11 is 0. The fraction of sp³-hybridized carbons (Fsp3) is 0.632. The lowest BCUT2D eigenvalue weighted by Crippen LogP contribution is -2.43. The van der Waals surface area contributed by atoms with Gasteiger partial charge in [0, 0.05) is 42.3 Å². The van der Waals surface area contributed by atoms with Gasteiger partial charge in [-0.15, -0.1) is 0 Å². The van der Waals surface area contributed by atoms with Crippen LogP contribution in [0, 0.1) is 11.3 Å². The molecule has 0 radical (unpaired) electrons. The van der Waals surface area contributed by atoms with E-state index in [1.165, 1.54) is 19.1 Å². The molecule has 0 bridgehead atoms. The maximum Gasteiger partial charge on any atom is 0.223 e. The van der Waals surface area contributed by atoms with Gasteiger partial charge in [0.1, 0.15) is 0 Å². The van der Waals surface area contributed by atoms with Gasteiger partial charge in [0.15, 0.2) is 0 Å². The molecule has 2 saturated carbocycles. The van der Waals surface area contributed by atoms with Gasteiger partial charge in [-0.05, 0) is 63.9 Å². The zero-order valence-electron chi connectivity index (χ0n) is 15.3. The standard InChI is InChI=1S/C19H30N6/c1-19(21)8-5-14(6-9-19)24-18-23-10-7-16(25-18)15(12-20)17(22-2)11-13-3-4-13/h7,10,12-14,20,22H,3-6,8-9,11,21H2,1-2H3,(H,23,24,25)/b17-15+,20-12?.